The number of carbonyl (C=O) groups is 1. The van der Waals surface area contributed by atoms with E-state index >= 15 is 0 Å². The van der Waals surface area contributed by atoms with Gasteiger partial charge in [0.15, 0.2) is 0 Å². The Labute approximate surface area is 184 Å². The largest absolute Gasteiger partial charge is 1.00 e. The number of aliphatic carboxylic acids is 1. The number of carboxylic acid groups (broad SMARTS) is 1. The van der Waals surface area contributed by atoms with Crippen LogP contribution in [0.2, 0.25) is 10.0 Å². The van der Waals surface area contributed by atoms with Gasteiger partial charge in [-0.3, -0.25) is 0 Å². The first-order chi connectivity index (χ1) is 11.0. The third kappa shape index (κ3) is 2.83. The molecule has 0 amide bonds. The third-order valence-electron chi connectivity index (χ3n) is 4.21. The van der Waals surface area contributed by atoms with Crippen LogP contribution in [0.4, 0.5) is 5.69 Å². The second-order valence-corrected chi connectivity index (χ2v) is 7.51. The Morgan fingerprint density at radius 2 is 2.04 bits per heavy atom. The van der Waals surface area contributed by atoms with Crippen LogP contribution in [0, 0.1) is 3.57 Å². The van der Waals surface area contributed by atoms with Gasteiger partial charge >= 0.3 is 29.6 Å². The summed E-state index contributed by atoms with van der Waals surface area (Å²) in [6.07, 6.45) is -0.614. The van der Waals surface area contributed by atoms with Gasteiger partial charge in [-0.05, 0) is 40.8 Å². The molecule has 2 aliphatic rings. The monoisotopic (exact) mass is 483 g/mol. The molecule has 1 N–H and O–H groups in total. The minimum Gasteiger partial charge on any atom is -0.548 e. The number of para-hydroxylation sites is 1. The van der Waals surface area contributed by atoms with Crippen LogP contribution in [0.3, 0.4) is 0 Å². The summed E-state index contributed by atoms with van der Waals surface area (Å²) in [5, 5.41) is 15.5. The molecule has 0 spiro atoms. The minimum absolute atomic E-state index is 0. The summed E-state index contributed by atoms with van der Waals surface area (Å²) in [5.74, 6) is -0.789. The number of benzene rings is 2. The van der Waals surface area contributed by atoms with E-state index in [1.54, 1.807) is 12.1 Å². The number of carboxylic acids is 1. The van der Waals surface area contributed by atoms with E-state index in [9.17, 15) is 9.90 Å². The first-order valence-electron chi connectivity index (χ1n) is 6.89. The van der Waals surface area contributed by atoms with Gasteiger partial charge in [-0.25, -0.2) is 0 Å². The topological polar surface area (TPSA) is 61.4 Å². The Hall–Kier alpha value is -0.180. The first kappa shape index (κ1) is 18.6. The van der Waals surface area contributed by atoms with Crippen molar-refractivity contribution in [3.05, 3.63) is 55.1 Å². The summed E-state index contributed by atoms with van der Waals surface area (Å²) in [4.78, 5) is 11.6. The fourth-order valence-electron chi connectivity index (χ4n) is 3.32. The van der Waals surface area contributed by atoms with Gasteiger partial charge in [0.25, 0.3) is 0 Å². The molecule has 24 heavy (non-hydrogen) atoms. The molecule has 0 radical (unpaired) electrons. The zero-order valence-electron chi connectivity index (χ0n) is 12.5. The van der Waals surface area contributed by atoms with Gasteiger partial charge in [0.05, 0.1) is 15.5 Å². The van der Waals surface area contributed by atoms with Crippen LogP contribution in [0.5, 0.6) is 5.75 Å². The van der Waals surface area contributed by atoms with Gasteiger partial charge in [-0.1, -0.05) is 35.3 Å². The van der Waals surface area contributed by atoms with E-state index in [2.05, 4.69) is 27.9 Å². The van der Waals surface area contributed by atoms with Crippen LogP contribution in [-0.4, -0.2) is 18.1 Å². The number of nitrogens with one attached hydrogen (secondary N) is 1. The molecule has 2 aromatic rings. The van der Waals surface area contributed by atoms with E-state index in [-0.39, 0.29) is 35.5 Å². The van der Waals surface area contributed by atoms with Gasteiger partial charge in [0.2, 0.25) is 0 Å². The third-order valence-corrected chi connectivity index (χ3v) is 5.59. The molecule has 0 saturated heterocycles. The van der Waals surface area contributed by atoms with E-state index in [4.69, 9.17) is 27.9 Å². The van der Waals surface area contributed by atoms with Crippen molar-refractivity contribution in [2.45, 2.75) is 18.1 Å². The molecule has 2 aromatic carbocycles. The summed E-state index contributed by atoms with van der Waals surface area (Å²) >= 11 is 14.6. The normalized spacial score (nSPS) is 23.0. The van der Waals surface area contributed by atoms with Crippen molar-refractivity contribution in [1.82, 2.24) is 0 Å². The summed E-state index contributed by atoms with van der Waals surface area (Å²) in [6.45, 7) is 0. The maximum Gasteiger partial charge on any atom is 1.00 e. The van der Waals surface area contributed by atoms with Crippen molar-refractivity contribution in [3.8, 4) is 5.75 Å². The maximum absolute atomic E-state index is 11.6. The Morgan fingerprint density at radius 3 is 2.75 bits per heavy atom. The van der Waals surface area contributed by atoms with Gasteiger partial charge in [-0.15, -0.1) is 0 Å². The average molecular weight is 484 g/mol. The van der Waals surface area contributed by atoms with Crippen molar-refractivity contribution >= 4 is 57.4 Å². The Bertz CT molecular complexity index is 848. The molecule has 2 aliphatic heterocycles. The van der Waals surface area contributed by atoms with Gasteiger partial charge in [-0.2, -0.15) is 0 Å². The number of rotatable bonds is 1. The summed E-state index contributed by atoms with van der Waals surface area (Å²) in [5.41, 5.74) is 2.34. The number of fused-ring (bicyclic) bond motifs is 5. The molecule has 4 rings (SSSR count). The second-order valence-electron chi connectivity index (χ2n) is 5.51. The zero-order chi connectivity index (χ0) is 16.3. The number of hydrogen-bond donors (Lipinski definition) is 1. The van der Waals surface area contributed by atoms with Crippen molar-refractivity contribution in [1.29, 1.82) is 0 Å². The van der Waals surface area contributed by atoms with Crippen LogP contribution in [0.1, 0.15) is 17.0 Å². The summed E-state index contributed by atoms with van der Waals surface area (Å²) < 4.78 is 6.90. The van der Waals surface area contributed by atoms with Gasteiger partial charge in [0.1, 0.15) is 17.9 Å². The maximum atomic E-state index is 11.6. The van der Waals surface area contributed by atoms with Crippen molar-refractivity contribution in [3.63, 3.8) is 0 Å². The van der Waals surface area contributed by atoms with Gasteiger partial charge in [0, 0.05) is 26.9 Å². The Kier molecular flexibility index (Phi) is 5.31. The van der Waals surface area contributed by atoms with E-state index in [0.717, 1.165) is 14.7 Å². The van der Waals surface area contributed by atoms with Crippen molar-refractivity contribution in [2.75, 3.05) is 5.32 Å². The molecular formula is C16H9Cl2INNaO3. The fourth-order valence-corrected chi connectivity index (χ4v) is 4.58. The molecule has 0 aromatic heterocycles. The number of ether oxygens (including phenoxy) is 1. The van der Waals surface area contributed by atoms with Crippen LogP contribution >= 0.6 is 45.8 Å². The predicted octanol–water partition coefficient (Wildman–Crippen LogP) is 0.0389. The first-order valence-corrected chi connectivity index (χ1v) is 8.72. The van der Waals surface area contributed by atoms with E-state index in [1.807, 2.05) is 18.2 Å². The predicted molar refractivity (Wildman–Crippen MR) is 94.3 cm³/mol. The van der Waals surface area contributed by atoms with Crippen LogP contribution in [-0.2, 0) is 4.79 Å². The molecule has 3 unspecified atom stereocenters. The molecule has 8 heteroatoms. The summed E-state index contributed by atoms with van der Waals surface area (Å²) in [6, 6.07) is 8.14. The average Bonchev–Trinajstić information content (AvgIpc) is 2.86. The van der Waals surface area contributed by atoms with Crippen LogP contribution < -0.4 is 44.7 Å². The number of halogens is 3. The quantitative estimate of drug-likeness (QED) is 0.459. The van der Waals surface area contributed by atoms with E-state index in [0.29, 0.717) is 21.5 Å². The molecular weight excluding hydrogens is 475 g/mol. The molecule has 0 fully saturated rings. The van der Waals surface area contributed by atoms with Crippen LogP contribution in [0.15, 0.2) is 30.3 Å². The molecule has 0 bridgehead atoms. The van der Waals surface area contributed by atoms with Gasteiger partial charge < -0.3 is 20.0 Å². The second kappa shape index (κ2) is 6.85. The van der Waals surface area contributed by atoms with E-state index < -0.39 is 18.1 Å². The molecule has 4 nitrogen and oxygen atoms in total. The molecule has 0 saturated carbocycles. The number of carbonyl (C=O) groups excluding carboxylic acids is 1. The smallest absolute Gasteiger partial charge is 0.548 e. The number of hydrogen-bond acceptors (Lipinski definition) is 4. The number of anilines is 1. The molecule has 0 aliphatic carbocycles. The molecule has 3 atom stereocenters. The van der Waals surface area contributed by atoms with Crippen molar-refractivity contribution < 1.29 is 44.2 Å². The SMILES string of the molecule is O=C([O-])C1Nc2cc(Cl)cc(Cl)c2C2c3cccc(I)c3OC12.[Na+]. The van der Waals surface area contributed by atoms with Crippen LogP contribution in [0.25, 0.3) is 0 Å². The molecule has 2 heterocycles. The van der Waals surface area contributed by atoms with E-state index in [1.165, 1.54) is 0 Å². The zero-order valence-corrected chi connectivity index (χ0v) is 18.1. The fraction of sp³-hybridized carbons (Fsp3) is 0.188. The Morgan fingerprint density at radius 1 is 1.29 bits per heavy atom. The molecule has 118 valence electrons. The Balaban J connectivity index is 0.00000169. The minimum atomic E-state index is -1.22. The summed E-state index contributed by atoms with van der Waals surface area (Å²) in [7, 11) is 0. The standard InChI is InChI=1S/C16H10Cl2INO3.Na/c17-6-4-8(18)12-10(5-6)20-13(16(21)22)15-11(12)7-2-1-3-9(19)14(7)23-15;/h1-5,11,13,15,20H,(H,21,22);/q;+1/p-1. The van der Waals surface area contributed by atoms with Crippen molar-refractivity contribution in [2.24, 2.45) is 0 Å².